The predicted molar refractivity (Wildman–Crippen MR) is 539 cm³/mol. The highest BCUT2D eigenvalue weighted by Crippen LogP contribution is 2.33. The number of carbonyl (C=O) groups is 8. The molecule has 5 aromatic carbocycles. The van der Waals surface area contributed by atoms with Crippen molar-refractivity contribution in [1.82, 2.24) is 20.0 Å². The summed E-state index contributed by atoms with van der Waals surface area (Å²) in [5, 5.41) is 12.3. The molecular weight excluding hydrogens is 1810 g/mol. The van der Waals surface area contributed by atoms with Crippen LogP contribution in [0.2, 0.25) is 0 Å². The van der Waals surface area contributed by atoms with E-state index in [1.54, 1.807) is 25.7 Å². The standard InChI is InChI=1S/C20H29NO3.2C19H30NO.C17H25NO.C15H21NO.C11H19NO4.C4H8O.2CH4.3ClH.HI.H2O/c1-14-9-8-10-15(2)16(14)13-18(22)17-11-6-7-12-21(17)19(23)24-20(3,4)5;2*1-5-20(6-2)13-8-7-12-18(20)19(21)14-17-15(3)10-9-11-16(17)4;1-4-18-11-6-5-10-16(18)17(19)12-15-13(2)8-7-9-14(15)3;1-11-6-5-7-12(2)13(11)10-15(17)14-8-3-4-9-16-14;1-11(2,3)16-10(15)12-7-5-4-6-8(12)9(13)14;1-2-4-5-3-1;;;;;;;/h8-10,17H,6-7,11-13H2,1-5H3;2*9-11,18H,5-8,12-14H2,1-4H3;7-9,16H,4-6,10-12H2,1-3H3;5-7,14,16H,3-4,8-10H2,1-2H3;8H,4-7H2,1-3H3,(H,13,14);1-4H2;2*1H4;4*1H;1H2/q;2*+1;;;;;;;;;;;/p-1. The highest BCUT2D eigenvalue weighted by molar-refractivity contribution is 5.91. The quantitative estimate of drug-likeness (QED) is 0.0513. The van der Waals surface area contributed by atoms with Crippen molar-refractivity contribution in [3.8, 4) is 0 Å². The number of ketones is 5. The number of hydrogen-bond acceptors (Lipinski definition) is 13. The van der Waals surface area contributed by atoms with E-state index in [9.17, 15) is 38.4 Å². The van der Waals surface area contributed by atoms with Crippen LogP contribution in [0.4, 0.5) is 9.59 Å². The van der Waals surface area contributed by atoms with Crippen molar-refractivity contribution in [3.63, 3.8) is 0 Å². The van der Waals surface area contributed by atoms with Gasteiger partial charge in [-0.15, -0.1) is 37.2 Å². The van der Waals surface area contributed by atoms with Crippen LogP contribution in [-0.2, 0) is 75.1 Å². The molecule has 4 N–H and O–H groups in total. The first-order chi connectivity index (χ1) is 58.4. The summed E-state index contributed by atoms with van der Waals surface area (Å²) in [6.07, 6.45) is 23.2. The molecule has 0 bridgehead atoms. The molecule has 0 saturated carbocycles. The topological polar surface area (TPSA) is 238 Å². The molecule has 6 atom stereocenters. The summed E-state index contributed by atoms with van der Waals surface area (Å²) in [7, 11) is 0. The number of Topliss-reactive ketones (excluding diaryl/α,β-unsaturated/α-hetero) is 5. The molecule has 0 aliphatic carbocycles. The first-order valence-electron chi connectivity index (χ1n) is 47.3. The molecule has 12 rings (SSSR count). The van der Waals surface area contributed by atoms with Crippen LogP contribution in [0.15, 0.2) is 91.0 Å². The number of carboxylic acids is 1. The van der Waals surface area contributed by atoms with Crippen molar-refractivity contribution in [1.29, 1.82) is 0 Å². The van der Waals surface area contributed by atoms with Crippen molar-refractivity contribution in [2.24, 2.45) is 0 Å². The van der Waals surface area contributed by atoms with Gasteiger partial charge in [0.15, 0.2) is 28.9 Å². The second-order valence-corrected chi connectivity index (χ2v) is 37.9. The van der Waals surface area contributed by atoms with Crippen LogP contribution in [-0.4, -0.2) is 214 Å². The van der Waals surface area contributed by atoms with Crippen molar-refractivity contribution in [3.05, 3.63) is 174 Å². The van der Waals surface area contributed by atoms with Gasteiger partial charge in [-0.25, -0.2) is 14.4 Å². The number of quaternary nitrogens is 2. The average Bonchev–Trinajstić information content (AvgIpc) is 0.809. The van der Waals surface area contributed by atoms with Crippen LogP contribution in [0.1, 0.15) is 303 Å². The number of carboxylic acid groups (broad SMARTS) is 1. The number of rotatable bonds is 21. The number of likely N-dealkylation sites (N-methyl/N-ethyl adjacent to an activating group) is 3. The number of piperidine rings is 6. The largest absolute Gasteiger partial charge is 1.00 e. The summed E-state index contributed by atoms with van der Waals surface area (Å²) in [5.41, 5.74) is 17.1. The van der Waals surface area contributed by atoms with Crippen LogP contribution < -0.4 is 29.3 Å². The number of hydrogen-bond donors (Lipinski definition) is 2. The number of halogens is 4. The van der Waals surface area contributed by atoms with Crippen molar-refractivity contribution < 1.29 is 96.1 Å². The van der Waals surface area contributed by atoms with Gasteiger partial charge in [0, 0.05) is 71.2 Å². The molecule has 6 unspecified atom stereocenters. The minimum Gasteiger partial charge on any atom is -1.00 e. The van der Waals surface area contributed by atoms with Gasteiger partial charge in [-0.05, 0) is 344 Å². The summed E-state index contributed by atoms with van der Waals surface area (Å²) in [6.45, 7) is 55.7. The van der Waals surface area contributed by atoms with E-state index in [0.29, 0.717) is 74.7 Å². The second-order valence-electron chi connectivity index (χ2n) is 37.9. The SMILES string of the molecule is C.C.C1CCOC1.CC(C)(C)OC(=O)N1CCCCC1C(=O)O.CCN1CCCCC1C(=O)Cc1c(C)cccc1C.CC[N+]1(CC)CCCCC1C(=O)Cc1c(C)cccc1C.CC[N+]1(CC)CCCCC1C(=O)Cc1c(C)cccc1C.Cc1cccc(C)c1CC(=O)C1CCCCN1.Cc1cccc(C)c1CC(=O)C1CCCCN1C(=O)OC(C)(C)C.Cl.Cl.Cl.O.[I-]. The molecule has 5 aromatic rings. The number of amides is 2. The van der Waals surface area contributed by atoms with E-state index in [1.807, 2.05) is 52.8 Å². The summed E-state index contributed by atoms with van der Waals surface area (Å²) >= 11 is 0. The van der Waals surface area contributed by atoms with Crippen LogP contribution in [0, 0.1) is 69.2 Å². The number of benzene rings is 5. The van der Waals surface area contributed by atoms with Gasteiger partial charge in [0.25, 0.3) is 0 Å². The smallest absolute Gasteiger partial charge is 0.411 e. The van der Waals surface area contributed by atoms with Gasteiger partial charge in [-0.2, -0.15) is 0 Å². The Morgan fingerprint density at radius 1 is 0.385 bits per heavy atom. The van der Waals surface area contributed by atoms with E-state index >= 15 is 0 Å². The van der Waals surface area contributed by atoms with E-state index in [0.717, 1.165) is 142 Å². The lowest BCUT2D eigenvalue weighted by atomic mass is 9.89. The Morgan fingerprint density at radius 2 is 0.669 bits per heavy atom. The fourth-order valence-electron chi connectivity index (χ4n) is 19.3. The van der Waals surface area contributed by atoms with Gasteiger partial charge < -0.3 is 63.1 Å². The summed E-state index contributed by atoms with van der Waals surface area (Å²) in [4.78, 5) is 104. The lowest BCUT2D eigenvalue weighted by Gasteiger charge is -2.46. The third-order valence-electron chi connectivity index (χ3n) is 27.1. The fourth-order valence-corrected chi connectivity index (χ4v) is 19.3. The number of nitrogens with zero attached hydrogens (tertiary/aromatic N) is 5. The maximum Gasteiger partial charge on any atom is 0.411 e. The Balaban J connectivity index is 0. The number of aliphatic carboxylic acids is 1. The van der Waals surface area contributed by atoms with Gasteiger partial charge in [0.2, 0.25) is 0 Å². The van der Waals surface area contributed by atoms with Crippen molar-refractivity contribution in [2.75, 3.05) is 85.2 Å². The van der Waals surface area contributed by atoms with Gasteiger partial charge in [-0.1, -0.05) is 126 Å². The minimum absolute atomic E-state index is 0. The van der Waals surface area contributed by atoms with E-state index in [-0.39, 0.29) is 124 Å². The Hall–Kier alpha value is -6.18. The highest BCUT2D eigenvalue weighted by Gasteiger charge is 2.44. The summed E-state index contributed by atoms with van der Waals surface area (Å²) in [5.74, 6) is 0.816. The van der Waals surface area contributed by atoms with E-state index in [1.165, 1.54) is 149 Å². The van der Waals surface area contributed by atoms with Crippen LogP contribution in [0.5, 0.6) is 0 Å². The molecule has 2 amide bonds. The Labute approximate surface area is 822 Å². The highest BCUT2D eigenvalue weighted by atomic mass is 127. The summed E-state index contributed by atoms with van der Waals surface area (Å²) in [6, 6.07) is 30.8. The molecule has 23 heteroatoms. The zero-order valence-electron chi connectivity index (χ0n) is 82.3. The first-order valence-corrected chi connectivity index (χ1v) is 47.3. The average molecular weight is 1990 g/mol. The molecule has 7 fully saturated rings. The van der Waals surface area contributed by atoms with Crippen molar-refractivity contribution in [2.45, 2.75) is 368 Å². The minimum atomic E-state index is -0.953. The number of ether oxygens (including phenoxy) is 3. The van der Waals surface area contributed by atoms with Crippen LogP contribution >= 0.6 is 37.2 Å². The van der Waals surface area contributed by atoms with Gasteiger partial charge in [0.1, 0.15) is 29.3 Å². The normalized spacial score (nSPS) is 19.5. The molecule has 19 nitrogen and oxygen atoms in total. The zero-order chi connectivity index (χ0) is 90.8. The second kappa shape index (κ2) is 62.5. The Morgan fingerprint density at radius 3 is 0.962 bits per heavy atom. The molecule has 0 spiro atoms. The van der Waals surface area contributed by atoms with Crippen LogP contribution in [0.25, 0.3) is 0 Å². The lowest BCUT2D eigenvalue weighted by Crippen LogP contribution is -3.00. The maximum absolute atomic E-state index is 13.0. The molecule has 7 aliphatic rings. The third-order valence-corrected chi connectivity index (χ3v) is 27.1. The summed E-state index contributed by atoms with van der Waals surface area (Å²) < 4.78 is 17.6. The van der Waals surface area contributed by atoms with E-state index < -0.39 is 29.3 Å². The van der Waals surface area contributed by atoms with Gasteiger partial charge in [0.05, 0.1) is 57.4 Å². The Kier molecular flexibility index (Phi) is 60.5. The van der Waals surface area contributed by atoms with Crippen molar-refractivity contribution >= 4 is 84.3 Å². The number of aryl methyl sites for hydroxylation is 10. The number of carbonyl (C=O) groups excluding carboxylic acids is 7. The molecule has 0 radical (unpaired) electrons. The molecule has 7 aliphatic heterocycles. The lowest BCUT2D eigenvalue weighted by molar-refractivity contribution is -0.944. The molecular formula is C107H175Cl3IN6O13+. The first kappa shape index (κ1) is 126. The molecule has 738 valence electrons. The van der Waals surface area contributed by atoms with Crippen LogP contribution in [0.3, 0.4) is 0 Å². The number of nitrogens with one attached hydrogen (secondary N) is 1. The molecule has 0 aromatic heterocycles. The monoisotopic (exact) mass is 1980 g/mol. The molecule has 7 saturated heterocycles. The predicted octanol–water partition coefficient (Wildman–Crippen LogP) is 19.1. The third kappa shape index (κ3) is 38.9. The zero-order valence-corrected chi connectivity index (χ0v) is 86.9. The van der Waals surface area contributed by atoms with Gasteiger partial charge >= 0.3 is 18.2 Å². The maximum atomic E-state index is 13.0. The van der Waals surface area contributed by atoms with E-state index in [2.05, 4.69) is 173 Å². The number of likely N-dealkylation sites (tertiary alicyclic amines) is 5. The molecule has 7 heterocycles. The Bertz CT molecular complexity index is 4020. The fraction of sp³-hybridized carbons (Fsp3) is 0.645. The van der Waals surface area contributed by atoms with Gasteiger partial charge in [-0.3, -0.25) is 38.7 Å². The van der Waals surface area contributed by atoms with E-state index in [4.69, 9.17) is 19.3 Å². The molecule has 130 heavy (non-hydrogen) atoms.